The summed E-state index contributed by atoms with van der Waals surface area (Å²) in [6, 6.07) is -0.136. The summed E-state index contributed by atoms with van der Waals surface area (Å²) >= 11 is 8.65. The largest absolute Gasteiger partial charge is 0.323 e. The first-order valence-corrected chi connectivity index (χ1v) is 8.95. The number of thiazole rings is 1. The van der Waals surface area contributed by atoms with Gasteiger partial charge in [-0.1, -0.05) is 0 Å². The lowest BCUT2D eigenvalue weighted by molar-refractivity contribution is 0.596. The number of nitrogens with zero attached hydrogens (tertiary/aromatic N) is 2. The quantitative estimate of drug-likeness (QED) is 0.727. The molecular weight excluding hydrogens is 322 g/mol. The highest BCUT2D eigenvalue weighted by Gasteiger charge is 2.23. The van der Waals surface area contributed by atoms with Crippen LogP contribution in [0.5, 0.6) is 0 Å². The summed E-state index contributed by atoms with van der Waals surface area (Å²) in [7, 11) is 0. The second-order valence-corrected chi connectivity index (χ2v) is 7.63. The number of aromatic amines is 1. The van der Waals surface area contributed by atoms with Crippen LogP contribution in [0, 0.1) is 4.77 Å². The second-order valence-electron chi connectivity index (χ2n) is 5.21. The summed E-state index contributed by atoms with van der Waals surface area (Å²) in [6.45, 7) is 1.97. The van der Waals surface area contributed by atoms with Crippen LogP contribution in [-0.4, -0.2) is 14.5 Å². The molecule has 0 saturated heterocycles. The van der Waals surface area contributed by atoms with Crippen molar-refractivity contribution in [2.24, 2.45) is 0 Å². The third-order valence-corrected chi connectivity index (χ3v) is 6.44. The SMILES string of the molecule is CC(c1nccs1)n1c(=S)[nH]c2sc3c(c2c1=O)CCC3. The van der Waals surface area contributed by atoms with E-state index in [0.29, 0.717) is 4.77 Å². The van der Waals surface area contributed by atoms with Crippen LogP contribution in [0.2, 0.25) is 0 Å². The number of rotatable bonds is 2. The van der Waals surface area contributed by atoms with Gasteiger partial charge in [0.25, 0.3) is 5.56 Å². The molecule has 3 aromatic heterocycles. The van der Waals surface area contributed by atoms with E-state index >= 15 is 0 Å². The molecule has 0 saturated carbocycles. The fourth-order valence-electron chi connectivity index (χ4n) is 2.99. The van der Waals surface area contributed by atoms with E-state index < -0.39 is 0 Å². The van der Waals surface area contributed by atoms with Crippen molar-refractivity contribution in [3.8, 4) is 0 Å². The van der Waals surface area contributed by atoms with E-state index in [1.54, 1.807) is 33.4 Å². The van der Waals surface area contributed by atoms with E-state index in [2.05, 4.69) is 9.97 Å². The molecule has 0 amide bonds. The zero-order valence-corrected chi connectivity index (χ0v) is 13.8. The maximum atomic E-state index is 13.0. The molecule has 1 aliphatic carbocycles. The van der Waals surface area contributed by atoms with Gasteiger partial charge in [0.05, 0.1) is 11.4 Å². The highest BCUT2D eigenvalue weighted by molar-refractivity contribution is 7.71. The van der Waals surface area contributed by atoms with Crippen LogP contribution in [0.1, 0.15) is 34.8 Å². The molecule has 4 rings (SSSR count). The molecule has 0 aliphatic heterocycles. The molecule has 0 aromatic carbocycles. The summed E-state index contributed by atoms with van der Waals surface area (Å²) in [5.74, 6) is 0. The van der Waals surface area contributed by atoms with E-state index in [-0.39, 0.29) is 11.6 Å². The van der Waals surface area contributed by atoms with Crippen molar-refractivity contribution in [3.05, 3.63) is 42.1 Å². The van der Waals surface area contributed by atoms with Crippen molar-refractivity contribution in [3.63, 3.8) is 0 Å². The van der Waals surface area contributed by atoms with Crippen molar-refractivity contribution in [1.82, 2.24) is 14.5 Å². The maximum Gasteiger partial charge on any atom is 0.263 e. The molecule has 4 nitrogen and oxygen atoms in total. The van der Waals surface area contributed by atoms with Crippen molar-refractivity contribution in [2.45, 2.75) is 32.2 Å². The Morgan fingerprint density at radius 3 is 3.10 bits per heavy atom. The average Bonchev–Trinajstić information content (AvgIpc) is 3.13. The van der Waals surface area contributed by atoms with Gasteiger partial charge >= 0.3 is 0 Å². The van der Waals surface area contributed by atoms with Crippen LogP contribution in [0.25, 0.3) is 10.2 Å². The molecule has 0 radical (unpaired) electrons. The number of hydrogen-bond acceptors (Lipinski definition) is 5. The molecule has 0 bridgehead atoms. The Morgan fingerprint density at radius 1 is 1.48 bits per heavy atom. The fraction of sp³-hybridized carbons (Fsp3) is 0.357. The van der Waals surface area contributed by atoms with Crippen LogP contribution >= 0.6 is 34.9 Å². The minimum atomic E-state index is -0.136. The number of thiophene rings is 1. The fourth-order valence-corrected chi connectivity index (χ4v) is 5.36. The number of H-pyrrole nitrogens is 1. The van der Waals surface area contributed by atoms with E-state index in [1.807, 2.05) is 12.3 Å². The standard InChI is InChI=1S/C14H13N3OS3/c1-7(11-15-5-6-20-11)17-13(18)10-8-3-2-4-9(8)21-12(10)16-14(17)19/h5-7H,2-4H2,1H3,(H,16,19). The van der Waals surface area contributed by atoms with Crippen LogP contribution < -0.4 is 5.56 Å². The van der Waals surface area contributed by atoms with Gasteiger partial charge in [0.15, 0.2) is 4.77 Å². The molecule has 7 heteroatoms. The molecule has 21 heavy (non-hydrogen) atoms. The number of fused-ring (bicyclic) bond motifs is 3. The second kappa shape index (κ2) is 4.86. The smallest absolute Gasteiger partial charge is 0.263 e. The lowest BCUT2D eigenvalue weighted by Gasteiger charge is -2.13. The highest BCUT2D eigenvalue weighted by Crippen LogP contribution is 2.35. The van der Waals surface area contributed by atoms with Gasteiger partial charge in [0.1, 0.15) is 9.84 Å². The minimum Gasteiger partial charge on any atom is -0.323 e. The average molecular weight is 335 g/mol. The highest BCUT2D eigenvalue weighted by atomic mass is 32.1. The van der Waals surface area contributed by atoms with Crippen LogP contribution in [0.4, 0.5) is 0 Å². The summed E-state index contributed by atoms with van der Waals surface area (Å²) in [4.78, 5) is 22.8. The number of aryl methyl sites for hydroxylation is 2. The number of nitrogens with one attached hydrogen (secondary N) is 1. The third-order valence-electron chi connectivity index (χ3n) is 3.99. The Labute approximate surface area is 134 Å². The predicted molar refractivity (Wildman–Crippen MR) is 89.2 cm³/mol. The van der Waals surface area contributed by atoms with Crippen molar-refractivity contribution in [1.29, 1.82) is 0 Å². The zero-order valence-electron chi connectivity index (χ0n) is 11.4. The van der Waals surface area contributed by atoms with Gasteiger partial charge < -0.3 is 4.98 Å². The third kappa shape index (κ3) is 1.95. The Morgan fingerprint density at radius 2 is 2.33 bits per heavy atom. The number of aromatic nitrogens is 3. The van der Waals surface area contributed by atoms with E-state index in [1.165, 1.54) is 10.4 Å². The van der Waals surface area contributed by atoms with Gasteiger partial charge in [-0.3, -0.25) is 9.36 Å². The van der Waals surface area contributed by atoms with Gasteiger partial charge in [-0.2, -0.15) is 0 Å². The molecule has 108 valence electrons. The normalized spacial score (nSPS) is 15.5. The van der Waals surface area contributed by atoms with Gasteiger partial charge in [-0.15, -0.1) is 22.7 Å². The Hall–Kier alpha value is -1.31. The molecule has 1 atom stereocenters. The minimum absolute atomic E-state index is 0.0239. The van der Waals surface area contributed by atoms with Crippen molar-refractivity contribution in [2.75, 3.05) is 0 Å². The van der Waals surface area contributed by atoms with E-state index in [9.17, 15) is 4.79 Å². The molecule has 1 N–H and O–H groups in total. The lowest BCUT2D eigenvalue weighted by atomic mass is 10.2. The monoisotopic (exact) mass is 335 g/mol. The Balaban J connectivity index is 2.02. The van der Waals surface area contributed by atoms with Gasteiger partial charge in [-0.25, -0.2) is 4.98 Å². The van der Waals surface area contributed by atoms with Crippen molar-refractivity contribution >= 4 is 45.1 Å². The van der Waals surface area contributed by atoms with Crippen LogP contribution in [-0.2, 0) is 12.8 Å². The van der Waals surface area contributed by atoms with Gasteiger partial charge in [-0.05, 0) is 44.0 Å². The lowest BCUT2D eigenvalue weighted by Crippen LogP contribution is -2.25. The van der Waals surface area contributed by atoms with Crippen LogP contribution in [0.15, 0.2) is 16.4 Å². The molecule has 0 spiro atoms. The topological polar surface area (TPSA) is 50.7 Å². The Kier molecular flexibility index (Phi) is 3.09. The first kappa shape index (κ1) is 13.4. The molecule has 1 aliphatic rings. The van der Waals surface area contributed by atoms with Gasteiger partial charge in [0.2, 0.25) is 0 Å². The first-order chi connectivity index (χ1) is 10.2. The summed E-state index contributed by atoms with van der Waals surface area (Å²) < 4.78 is 2.15. The molecule has 3 heterocycles. The van der Waals surface area contributed by atoms with Crippen molar-refractivity contribution < 1.29 is 0 Å². The van der Waals surface area contributed by atoms with E-state index in [4.69, 9.17) is 12.2 Å². The van der Waals surface area contributed by atoms with E-state index in [0.717, 1.165) is 34.5 Å². The molecule has 1 unspecified atom stereocenters. The first-order valence-electron chi connectivity index (χ1n) is 6.85. The maximum absolute atomic E-state index is 13.0. The zero-order chi connectivity index (χ0) is 14.6. The number of hydrogen-bond donors (Lipinski definition) is 1. The molecule has 0 fully saturated rings. The summed E-state index contributed by atoms with van der Waals surface area (Å²) in [5.41, 5.74) is 1.25. The molecular formula is C14H13N3OS3. The van der Waals surface area contributed by atoms with Crippen LogP contribution in [0.3, 0.4) is 0 Å². The predicted octanol–water partition coefficient (Wildman–Crippen LogP) is 3.68. The van der Waals surface area contributed by atoms with Gasteiger partial charge in [0, 0.05) is 16.5 Å². The molecule has 3 aromatic rings. The summed E-state index contributed by atoms with van der Waals surface area (Å²) in [6.07, 6.45) is 4.99. The summed E-state index contributed by atoms with van der Waals surface area (Å²) in [5, 5.41) is 3.66. The Bertz CT molecular complexity index is 933.